The highest BCUT2D eigenvalue weighted by atomic mass is 16.6. The molecule has 2 aliphatic rings. The van der Waals surface area contributed by atoms with E-state index in [-0.39, 0.29) is 24.1 Å². The van der Waals surface area contributed by atoms with Crippen LogP contribution in [0.3, 0.4) is 0 Å². The highest BCUT2D eigenvalue weighted by molar-refractivity contribution is 5.86. The molecule has 0 aliphatic carbocycles. The van der Waals surface area contributed by atoms with Gasteiger partial charge in [-0.15, -0.1) is 0 Å². The van der Waals surface area contributed by atoms with Crippen LogP contribution in [-0.4, -0.2) is 67.3 Å². The van der Waals surface area contributed by atoms with E-state index in [0.29, 0.717) is 36.8 Å². The SMILES string of the molecule is Cn1c(=O)n(C2CCC(O)NC2=O)c2cccc([C@H]3CCN(C(=O)OC(C)(C)C)C[C@@H]3O)c21. The Hall–Kier alpha value is -2.85. The summed E-state index contributed by atoms with van der Waals surface area (Å²) in [7, 11) is 1.66. The fourth-order valence-corrected chi connectivity index (χ4v) is 4.88. The molecule has 2 amide bonds. The maximum atomic E-state index is 13.2. The molecule has 33 heavy (non-hydrogen) atoms. The second-order valence-corrected chi connectivity index (χ2v) is 9.93. The fraction of sp³-hybridized carbons (Fsp3) is 0.609. The fourth-order valence-electron chi connectivity index (χ4n) is 4.88. The maximum Gasteiger partial charge on any atom is 0.410 e. The van der Waals surface area contributed by atoms with Gasteiger partial charge in [-0.25, -0.2) is 9.59 Å². The zero-order chi connectivity index (χ0) is 24.1. The number of likely N-dealkylation sites (tertiary alicyclic amines) is 1. The quantitative estimate of drug-likeness (QED) is 0.618. The van der Waals surface area contributed by atoms with E-state index < -0.39 is 30.1 Å². The summed E-state index contributed by atoms with van der Waals surface area (Å²) in [5.74, 6) is -0.671. The lowest BCUT2D eigenvalue weighted by Gasteiger charge is -2.37. The predicted octanol–water partition coefficient (Wildman–Crippen LogP) is 1.19. The van der Waals surface area contributed by atoms with Crippen LogP contribution in [0.15, 0.2) is 23.0 Å². The number of carbonyl (C=O) groups is 2. The Bertz CT molecular complexity index is 1130. The lowest BCUT2D eigenvalue weighted by Crippen LogP contribution is -2.47. The van der Waals surface area contributed by atoms with E-state index in [9.17, 15) is 24.6 Å². The Morgan fingerprint density at radius 2 is 1.88 bits per heavy atom. The number of benzene rings is 1. The topological polar surface area (TPSA) is 126 Å². The molecule has 10 heteroatoms. The minimum atomic E-state index is -0.903. The van der Waals surface area contributed by atoms with Crippen molar-refractivity contribution < 1.29 is 24.5 Å². The Balaban J connectivity index is 1.66. The Labute approximate surface area is 191 Å². The molecule has 0 saturated carbocycles. The summed E-state index contributed by atoms with van der Waals surface area (Å²) in [6, 6.07) is 4.78. The molecular weight excluding hydrogens is 428 g/mol. The first-order valence-electron chi connectivity index (χ1n) is 11.3. The molecule has 1 aromatic carbocycles. The summed E-state index contributed by atoms with van der Waals surface area (Å²) in [5.41, 5.74) is 1.13. The van der Waals surface area contributed by atoms with Gasteiger partial charge in [-0.05, 0) is 51.7 Å². The molecule has 2 unspecified atom stereocenters. The van der Waals surface area contributed by atoms with E-state index in [1.54, 1.807) is 33.9 Å². The molecular formula is C23H32N4O6. The van der Waals surface area contributed by atoms with Gasteiger partial charge in [0.05, 0.1) is 23.7 Å². The number of fused-ring (bicyclic) bond motifs is 1. The number of para-hydroxylation sites is 1. The molecule has 2 saturated heterocycles. The highest BCUT2D eigenvalue weighted by Gasteiger charge is 2.36. The minimum absolute atomic E-state index is 0.132. The average molecular weight is 461 g/mol. The highest BCUT2D eigenvalue weighted by Crippen LogP contribution is 2.35. The third-order valence-corrected chi connectivity index (χ3v) is 6.40. The third kappa shape index (κ3) is 4.37. The summed E-state index contributed by atoms with van der Waals surface area (Å²) < 4.78 is 8.42. The van der Waals surface area contributed by atoms with Gasteiger partial charge >= 0.3 is 11.8 Å². The van der Waals surface area contributed by atoms with Gasteiger partial charge < -0.3 is 25.2 Å². The van der Waals surface area contributed by atoms with Crippen molar-refractivity contribution in [2.24, 2.45) is 7.05 Å². The number of aromatic nitrogens is 2. The number of aliphatic hydroxyl groups is 2. The molecule has 4 rings (SSSR count). The van der Waals surface area contributed by atoms with Crippen LogP contribution < -0.4 is 11.0 Å². The van der Waals surface area contributed by atoms with E-state index in [2.05, 4.69) is 5.32 Å². The summed E-state index contributed by atoms with van der Waals surface area (Å²) in [5, 5.41) is 23.2. The van der Waals surface area contributed by atoms with Gasteiger partial charge in [-0.1, -0.05) is 12.1 Å². The first-order valence-corrected chi connectivity index (χ1v) is 11.3. The first-order chi connectivity index (χ1) is 15.5. The van der Waals surface area contributed by atoms with Crippen molar-refractivity contribution >= 4 is 23.0 Å². The van der Waals surface area contributed by atoms with Gasteiger partial charge in [0.25, 0.3) is 0 Å². The predicted molar refractivity (Wildman–Crippen MR) is 121 cm³/mol. The number of hydrogen-bond acceptors (Lipinski definition) is 6. The van der Waals surface area contributed by atoms with Crippen molar-refractivity contribution in [3.63, 3.8) is 0 Å². The van der Waals surface area contributed by atoms with E-state index >= 15 is 0 Å². The van der Waals surface area contributed by atoms with Crippen LogP contribution in [0.4, 0.5) is 4.79 Å². The van der Waals surface area contributed by atoms with Crippen LogP contribution in [0.2, 0.25) is 0 Å². The van der Waals surface area contributed by atoms with Crippen molar-refractivity contribution in [2.45, 2.75) is 69.9 Å². The molecule has 180 valence electrons. The van der Waals surface area contributed by atoms with E-state index in [4.69, 9.17) is 4.74 Å². The molecule has 1 aromatic heterocycles. The second kappa shape index (κ2) is 8.49. The molecule has 4 atom stereocenters. The smallest absolute Gasteiger partial charge is 0.410 e. The standard InChI is InChI=1S/C23H32N4O6/c1-23(2,3)33-22(32)26-11-10-13(17(28)12-26)14-6-5-7-15-19(14)25(4)21(31)27(15)16-8-9-18(29)24-20(16)30/h5-7,13,16-18,28-29H,8-12H2,1-4H3,(H,24,30)/t13-,16?,17+,18?/m1/s1. The summed E-state index contributed by atoms with van der Waals surface area (Å²) in [6.45, 7) is 5.95. The Morgan fingerprint density at radius 3 is 2.52 bits per heavy atom. The maximum absolute atomic E-state index is 13.2. The molecule has 2 fully saturated rings. The van der Waals surface area contributed by atoms with E-state index in [1.807, 2.05) is 12.1 Å². The number of hydrogen-bond donors (Lipinski definition) is 3. The monoisotopic (exact) mass is 460 g/mol. The molecule has 3 heterocycles. The van der Waals surface area contributed by atoms with Gasteiger partial charge in [0.2, 0.25) is 5.91 Å². The normalized spacial score (nSPS) is 26.4. The lowest BCUT2D eigenvalue weighted by atomic mass is 9.86. The number of aliphatic hydroxyl groups excluding tert-OH is 2. The van der Waals surface area contributed by atoms with Gasteiger partial charge in [-0.3, -0.25) is 13.9 Å². The van der Waals surface area contributed by atoms with Crippen molar-refractivity contribution in [1.29, 1.82) is 0 Å². The molecule has 0 bridgehead atoms. The lowest BCUT2D eigenvalue weighted by molar-refractivity contribution is -0.130. The van der Waals surface area contributed by atoms with Crippen molar-refractivity contribution in [3.8, 4) is 0 Å². The molecule has 0 radical (unpaired) electrons. The summed E-state index contributed by atoms with van der Waals surface area (Å²) in [4.78, 5) is 39.6. The molecule has 3 N–H and O–H groups in total. The summed E-state index contributed by atoms with van der Waals surface area (Å²) in [6.07, 6.45) is -0.964. The number of imidazole rings is 1. The number of rotatable bonds is 2. The number of amides is 2. The summed E-state index contributed by atoms with van der Waals surface area (Å²) >= 11 is 0. The number of ether oxygens (including phenoxy) is 1. The number of nitrogens with zero attached hydrogens (tertiary/aromatic N) is 3. The molecule has 10 nitrogen and oxygen atoms in total. The van der Waals surface area contributed by atoms with Crippen molar-refractivity contribution in [2.75, 3.05) is 13.1 Å². The Morgan fingerprint density at radius 1 is 1.15 bits per heavy atom. The van der Waals surface area contributed by atoms with Crippen LogP contribution in [0, 0.1) is 0 Å². The van der Waals surface area contributed by atoms with Gasteiger partial charge in [0.1, 0.15) is 17.9 Å². The number of β-amino-alcohol motifs (C(OH)–C–C–N with tert-alkyl or cyclic N) is 1. The van der Waals surface area contributed by atoms with E-state index in [1.165, 1.54) is 14.0 Å². The van der Waals surface area contributed by atoms with Gasteiger partial charge in [-0.2, -0.15) is 0 Å². The largest absolute Gasteiger partial charge is 0.444 e. The molecule has 2 aromatic rings. The molecule has 2 aliphatic heterocycles. The van der Waals surface area contributed by atoms with Crippen molar-refractivity contribution in [1.82, 2.24) is 19.4 Å². The number of carbonyl (C=O) groups excluding carboxylic acids is 2. The number of aryl methyl sites for hydroxylation is 1. The van der Waals surface area contributed by atoms with Crippen molar-refractivity contribution in [3.05, 3.63) is 34.2 Å². The van der Waals surface area contributed by atoms with Crippen LogP contribution in [0.5, 0.6) is 0 Å². The first kappa shape index (κ1) is 23.3. The average Bonchev–Trinajstić information content (AvgIpc) is 2.98. The molecule has 0 spiro atoms. The zero-order valence-corrected chi connectivity index (χ0v) is 19.4. The second-order valence-electron chi connectivity index (χ2n) is 9.93. The van der Waals surface area contributed by atoms with Gasteiger partial charge in [0.15, 0.2) is 0 Å². The van der Waals surface area contributed by atoms with Gasteiger partial charge in [0, 0.05) is 19.5 Å². The van der Waals surface area contributed by atoms with Crippen LogP contribution in [0.1, 0.15) is 57.6 Å². The minimum Gasteiger partial charge on any atom is -0.444 e. The number of piperidine rings is 2. The Kier molecular flexibility index (Phi) is 6.00. The third-order valence-electron chi connectivity index (χ3n) is 6.40. The van der Waals surface area contributed by atoms with Crippen LogP contribution in [-0.2, 0) is 16.6 Å². The van der Waals surface area contributed by atoms with Crippen LogP contribution >= 0.6 is 0 Å². The number of nitrogens with one attached hydrogen (secondary N) is 1. The van der Waals surface area contributed by atoms with Crippen LogP contribution in [0.25, 0.3) is 11.0 Å². The van der Waals surface area contributed by atoms with E-state index in [0.717, 1.165) is 5.56 Å². The zero-order valence-electron chi connectivity index (χ0n) is 19.4.